The Morgan fingerprint density at radius 2 is 1.86 bits per heavy atom. The van der Waals surface area contributed by atoms with E-state index in [1.165, 1.54) is 17.3 Å². The van der Waals surface area contributed by atoms with Gasteiger partial charge in [0, 0.05) is 30.5 Å². The molecule has 1 fully saturated rings. The van der Waals surface area contributed by atoms with Crippen LogP contribution in [0.2, 0.25) is 0 Å². The number of fused-ring (bicyclic) bond motifs is 1. The van der Waals surface area contributed by atoms with Gasteiger partial charge in [0.15, 0.2) is 11.0 Å². The number of carbonyl (C=O) groups is 2. The Kier molecular flexibility index (Phi) is 6.91. The summed E-state index contributed by atoms with van der Waals surface area (Å²) in [4.78, 5) is 35.1. The largest absolute Gasteiger partial charge is 0.384 e. The summed E-state index contributed by atoms with van der Waals surface area (Å²) in [7, 11) is 0. The maximum atomic E-state index is 13.7. The van der Waals surface area contributed by atoms with Crippen LogP contribution in [0, 0.1) is 0 Å². The molecular weight excluding hydrogens is 468 g/mol. The highest BCUT2D eigenvalue weighted by molar-refractivity contribution is 8.18. The lowest BCUT2D eigenvalue weighted by Crippen LogP contribution is -2.29. The maximum absolute atomic E-state index is 13.7. The average molecular weight is 497 g/mol. The van der Waals surface area contributed by atoms with E-state index in [9.17, 15) is 9.59 Å². The highest BCUT2D eigenvalue weighted by atomic mass is 32.2. The molecule has 2 aliphatic rings. The van der Waals surface area contributed by atoms with Crippen LogP contribution in [-0.4, -0.2) is 34.8 Å². The van der Waals surface area contributed by atoms with Crippen LogP contribution in [0.4, 0.5) is 17.1 Å². The highest BCUT2D eigenvalue weighted by Gasteiger charge is 2.35. The molecule has 0 aliphatic carbocycles. The fourth-order valence-electron chi connectivity index (χ4n) is 4.41. The van der Waals surface area contributed by atoms with Gasteiger partial charge in [-0.15, -0.1) is 0 Å². The molecule has 1 saturated heterocycles. The van der Waals surface area contributed by atoms with Crippen LogP contribution in [0.3, 0.4) is 0 Å². The minimum atomic E-state index is -0.0697. The fourth-order valence-corrected chi connectivity index (χ4v) is 5.39. The van der Waals surface area contributed by atoms with Gasteiger partial charge in [-0.05, 0) is 67.4 Å². The monoisotopic (exact) mass is 496 g/mol. The SMILES string of the molecule is CCNc1ccc(C(C)=O)cc1/N=C1\S/C(=C\N2CCc3ccccc32)C(=O)N1Cc1ccccc1. The molecule has 5 rings (SSSR count). The molecular formula is C29H28N4O2S. The Morgan fingerprint density at radius 3 is 2.64 bits per heavy atom. The van der Waals surface area contributed by atoms with E-state index in [-0.39, 0.29) is 11.7 Å². The normalized spacial score (nSPS) is 17.2. The zero-order valence-corrected chi connectivity index (χ0v) is 21.2. The molecule has 1 N–H and O–H groups in total. The van der Waals surface area contributed by atoms with Crippen LogP contribution in [0.5, 0.6) is 0 Å². The molecule has 0 aromatic heterocycles. The number of rotatable bonds is 7. The van der Waals surface area contributed by atoms with Crippen molar-refractivity contribution < 1.29 is 9.59 Å². The summed E-state index contributed by atoms with van der Waals surface area (Å²) in [5, 5.41) is 3.92. The van der Waals surface area contributed by atoms with Gasteiger partial charge in [-0.3, -0.25) is 14.5 Å². The first-order chi connectivity index (χ1) is 17.5. The second-order valence-electron chi connectivity index (χ2n) is 8.76. The Bertz CT molecular complexity index is 1370. The third-order valence-electron chi connectivity index (χ3n) is 6.26. The van der Waals surface area contributed by atoms with E-state index in [1.54, 1.807) is 24.0 Å². The second kappa shape index (κ2) is 10.4. The molecule has 2 heterocycles. The van der Waals surface area contributed by atoms with Crippen LogP contribution < -0.4 is 10.2 Å². The van der Waals surface area contributed by atoms with E-state index >= 15 is 0 Å². The van der Waals surface area contributed by atoms with Crippen molar-refractivity contribution in [3.8, 4) is 0 Å². The number of hydrogen-bond donors (Lipinski definition) is 1. The van der Waals surface area contributed by atoms with Gasteiger partial charge in [0.25, 0.3) is 5.91 Å². The summed E-state index contributed by atoms with van der Waals surface area (Å²) in [6.45, 7) is 5.54. The molecule has 7 heteroatoms. The maximum Gasteiger partial charge on any atom is 0.268 e. The summed E-state index contributed by atoms with van der Waals surface area (Å²) in [5.74, 6) is -0.0937. The Labute approximate surface area is 215 Å². The van der Waals surface area contributed by atoms with Crippen LogP contribution in [0.1, 0.15) is 35.3 Å². The van der Waals surface area contributed by atoms with Crippen LogP contribution >= 0.6 is 11.8 Å². The molecule has 0 spiro atoms. The molecule has 36 heavy (non-hydrogen) atoms. The topological polar surface area (TPSA) is 65.0 Å². The number of thioether (sulfide) groups is 1. The Balaban J connectivity index is 1.54. The van der Waals surface area contributed by atoms with Gasteiger partial charge in [-0.2, -0.15) is 0 Å². The van der Waals surface area contributed by atoms with E-state index in [4.69, 9.17) is 4.99 Å². The number of benzene rings is 3. The molecule has 0 bridgehead atoms. The lowest BCUT2D eigenvalue weighted by atomic mass is 10.1. The minimum Gasteiger partial charge on any atom is -0.384 e. The minimum absolute atomic E-state index is 0.0240. The molecule has 3 aromatic carbocycles. The van der Waals surface area contributed by atoms with Crippen molar-refractivity contribution in [2.45, 2.75) is 26.8 Å². The third kappa shape index (κ3) is 4.93. The van der Waals surface area contributed by atoms with Gasteiger partial charge >= 0.3 is 0 Å². The summed E-state index contributed by atoms with van der Waals surface area (Å²) >= 11 is 1.38. The zero-order chi connectivity index (χ0) is 25.1. The van der Waals surface area contributed by atoms with Gasteiger partial charge < -0.3 is 10.2 Å². The molecule has 6 nitrogen and oxygen atoms in total. The number of amides is 1. The summed E-state index contributed by atoms with van der Waals surface area (Å²) in [5.41, 5.74) is 5.51. The molecule has 0 unspecified atom stereocenters. The number of Topliss-reactive ketones (excluding diaryl/α,β-unsaturated/α-hetero) is 1. The number of carbonyl (C=O) groups excluding carboxylic acids is 2. The van der Waals surface area contributed by atoms with Gasteiger partial charge in [0.05, 0.1) is 22.8 Å². The zero-order valence-electron chi connectivity index (χ0n) is 20.4. The number of para-hydroxylation sites is 1. The molecule has 182 valence electrons. The first-order valence-electron chi connectivity index (χ1n) is 12.1. The summed E-state index contributed by atoms with van der Waals surface area (Å²) < 4.78 is 0. The van der Waals surface area contributed by atoms with Crippen LogP contribution in [0.25, 0.3) is 0 Å². The van der Waals surface area contributed by atoms with Crippen LogP contribution in [-0.2, 0) is 17.8 Å². The molecule has 0 atom stereocenters. The predicted octanol–water partition coefficient (Wildman–Crippen LogP) is 5.99. The van der Waals surface area contributed by atoms with Crippen molar-refractivity contribution in [1.29, 1.82) is 0 Å². The third-order valence-corrected chi connectivity index (χ3v) is 7.25. The van der Waals surface area contributed by atoms with Crippen molar-refractivity contribution in [2.75, 3.05) is 23.3 Å². The summed E-state index contributed by atoms with van der Waals surface area (Å²) in [6.07, 6.45) is 2.91. The molecule has 0 radical (unpaired) electrons. The molecule has 1 amide bonds. The first kappa shape index (κ1) is 23.9. The van der Waals surface area contributed by atoms with Crippen LogP contribution in [0.15, 0.2) is 88.9 Å². The summed E-state index contributed by atoms with van der Waals surface area (Å²) in [6, 6.07) is 23.7. The van der Waals surface area contributed by atoms with Gasteiger partial charge in [-0.1, -0.05) is 48.5 Å². The number of amidine groups is 1. The first-order valence-corrected chi connectivity index (χ1v) is 12.9. The standard InChI is InChI=1S/C29H28N4O2S/c1-3-30-24-14-13-23(20(2)34)17-25(24)31-29-33(18-21-9-5-4-6-10-21)28(35)27(36-29)19-32-16-15-22-11-7-8-12-26(22)32/h4-14,17,19,30H,3,15-16,18H2,1-2H3/b27-19-,31-29-. The Morgan fingerprint density at radius 1 is 1.08 bits per heavy atom. The van der Waals surface area contributed by atoms with E-state index in [2.05, 4.69) is 22.3 Å². The average Bonchev–Trinajstić information content (AvgIpc) is 3.42. The van der Waals surface area contributed by atoms with Crippen molar-refractivity contribution >= 4 is 45.7 Å². The van der Waals surface area contributed by atoms with Crippen molar-refractivity contribution in [3.63, 3.8) is 0 Å². The molecule has 0 saturated carbocycles. The lowest BCUT2D eigenvalue weighted by molar-refractivity contribution is -0.122. The van der Waals surface area contributed by atoms with Crippen molar-refractivity contribution in [1.82, 2.24) is 4.90 Å². The van der Waals surface area contributed by atoms with E-state index < -0.39 is 0 Å². The molecule has 2 aliphatic heterocycles. The van der Waals surface area contributed by atoms with Gasteiger partial charge in [0.2, 0.25) is 0 Å². The number of anilines is 2. The Hall–Kier alpha value is -3.84. The highest BCUT2D eigenvalue weighted by Crippen LogP contribution is 2.38. The van der Waals surface area contributed by atoms with E-state index in [1.807, 2.05) is 61.7 Å². The lowest BCUT2D eigenvalue weighted by Gasteiger charge is -2.17. The van der Waals surface area contributed by atoms with Gasteiger partial charge in [-0.25, -0.2) is 4.99 Å². The van der Waals surface area contributed by atoms with E-state index in [0.717, 1.165) is 36.4 Å². The number of hydrogen-bond acceptors (Lipinski definition) is 6. The number of aliphatic imine (C=N–C) groups is 1. The van der Waals surface area contributed by atoms with Crippen molar-refractivity contribution in [3.05, 3.63) is 101 Å². The predicted molar refractivity (Wildman–Crippen MR) is 148 cm³/mol. The number of nitrogens with zero attached hydrogens (tertiary/aromatic N) is 3. The smallest absolute Gasteiger partial charge is 0.268 e. The van der Waals surface area contributed by atoms with E-state index in [0.29, 0.717) is 27.9 Å². The number of nitrogens with one attached hydrogen (secondary N) is 1. The second-order valence-corrected chi connectivity index (χ2v) is 9.77. The number of ketones is 1. The quantitative estimate of drug-likeness (QED) is 0.322. The fraction of sp³-hybridized carbons (Fsp3) is 0.207. The van der Waals surface area contributed by atoms with Crippen molar-refractivity contribution in [2.24, 2.45) is 4.99 Å². The van der Waals surface area contributed by atoms with Gasteiger partial charge in [0.1, 0.15) is 0 Å². The molecule has 3 aromatic rings.